The molecule has 8 heteroatoms. The lowest BCUT2D eigenvalue weighted by molar-refractivity contribution is -0.130. The van der Waals surface area contributed by atoms with Gasteiger partial charge < -0.3 is 15.5 Å². The van der Waals surface area contributed by atoms with Crippen molar-refractivity contribution in [2.24, 2.45) is 4.99 Å². The molecule has 0 saturated carbocycles. The fourth-order valence-electron chi connectivity index (χ4n) is 3.78. The number of rotatable bonds is 9. The van der Waals surface area contributed by atoms with E-state index in [1.807, 2.05) is 48.7 Å². The maximum absolute atomic E-state index is 12.4. The third-order valence-corrected chi connectivity index (χ3v) is 6.43. The Labute approximate surface area is 207 Å². The molecule has 1 fully saturated rings. The highest BCUT2D eigenvalue weighted by Gasteiger charge is 2.24. The molecule has 0 radical (unpaired) electrons. The number of carbonyl (C=O) groups excluding carboxylic acids is 1. The van der Waals surface area contributed by atoms with Crippen molar-refractivity contribution in [2.45, 2.75) is 31.8 Å². The average Bonchev–Trinajstić information content (AvgIpc) is 3.48. The van der Waals surface area contributed by atoms with Crippen LogP contribution in [-0.4, -0.2) is 61.9 Å². The number of nitrogens with zero attached hydrogens (tertiary/aromatic N) is 3. The topological polar surface area (TPSA) is 60.0 Å². The minimum atomic E-state index is 0. The van der Waals surface area contributed by atoms with Crippen molar-refractivity contribution in [2.75, 3.05) is 40.3 Å². The van der Waals surface area contributed by atoms with Crippen molar-refractivity contribution in [3.63, 3.8) is 0 Å². The van der Waals surface area contributed by atoms with Crippen molar-refractivity contribution in [3.8, 4) is 0 Å². The lowest BCUT2D eigenvalue weighted by Gasteiger charge is -2.27. The summed E-state index contributed by atoms with van der Waals surface area (Å²) >= 11 is 1.81. The number of hydrogen-bond acceptors (Lipinski definition) is 4. The smallest absolute Gasteiger partial charge is 0.224 e. The SMILES string of the molecule is CN=C(NCCC(=O)N(C)Cc1ccccc1)NCC(c1cccs1)N1CCCC1.I. The van der Waals surface area contributed by atoms with Gasteiger partial charge in [-0.1, -0.05) is 36.4 Å². The van der Waals surface area contributed by atoms with Crippen LogP contribution in [0.3, 0.4) is 0 Å². The summed E-state index contributed by atoms with van der Waals surface area (Å²) in [6.07, 6.45) is 2.98. The molecule has 6 nitrogen and oxygen atoms in total. The van der Waals surface area contributed by atoms with Gasteiger partial charge in [0.15, 0.2) is 5.96 Å². The molecule has 1 aromatic carbocycles. The first-order valence-electron chi connectivity index (χ1n) is 10.7. The highest BCUT2D eigenvalue weighted by Crippen LogP contribution is 2.27. The Bertz CT molecular complexity index is 794. The van der Waals surface area contributed by atoms with E-state index < -0.39 is 0 Å². The van der Waals surface area contributed by atoms with E-state index in [1.54, 1.807) is 11.9 Å². The summed E-state index contributed by atoms with van der Waals surface area (Å²) in [6, 6.07) is 14.8. The predicted molar refractivity (Wildman–Crippen MR) is 140 cm³/mol. The largest absolute Gasteiger partial charge is 0.356 e. The Kier molecular flexibility index (Phi) is 11.3. The number of benzene rings is 1. The highest BCUT2D eigenvalue weighted by atomic mass is 127. The van der Waals surface area contributed by atoms with Gasteiger partial charge in [-0.25, -0.2) is 0 Å². The van der Waals surface area contributed by atoms with Crippen LogP contribution in [0.1, 0.15) is 35.7 Å². The third kappa shape index (κ3) is 8.08. The predicted octanol–water partition coefficient (Wildman–Crippen LogP) is 3.72. The Morgan fingerprint density at radius 2 is 1.90 bits per heavy atom. The number of hydrogen-bond donors (Lipinski definition) is 2. The molecule has 0 spiro atoms. The molecule has 1 aliphatic heterocycles. The van der Waals surface area contributed by atoms with Crippen molar-refractivity contribution in [1.29, 1.82) is 0 Å². The van der Waals surface area contributed by atoms with Crippen LogP contribution in [0.2, 0.25) is 0 Å². The molecule has 1 atom stereocenters. The van der Waals surface area contributed by atoms with Crippen molar-refractivity contribution < 1.29 is 4.79 Å². The fraction of sp³-hybridized carbons (Fsp3) is 0.478. The number of guanidine groups is 1. The number of halogens is 1. The molecule has 2 heterocycles. The summed E-state index contributed by atoms with van der Waals surface area (Å²) in [5, 5.41) is 8.88. The van der Waals surface area contributed by atoms with Crippen molar-refractivity contribution in [3.05, 3.63) is 58.3 Å². The molecule has 1 amide bonds. The zero-order chi connectivity index (χ0) is 21.2. The molecular weight excluding hydrogens is 521 g/mol. The molecule has 2 aromatic rings. The monoisotopic (exact) mass is 555 g/mol. The molecule has 3 rings (SSSR count). The molecular formula is C23H34IN5OS. The van der Waals surface area contributed by atoms with Gasteiger partial charge in [0.1, 0.15) is 0 Å². The molecule has 0 bridgehead atoms. The number of likely N-dealkylation sites (tertiary alicyclic amines) is 1. The van der Waals surface area contributed by atoms with Gasteiger partial charge in [-0.15, -0.1) is 35.3 Å². The number of carbonyl (C=O) groups is 1. The van der Waals surface area contributed by atoms with Crippen LogP contribution in [0, 0.1) is 0 Å². The zero-order valence-electron chi connectivity index (χ0n) is 18.4. The van der Waals surface area contributed by atoms with Crippen molar-refractivity contribution >= 4 is 47.2 Å². The maximum atomic E-state index is 12.4. The van der Waals surface area contributed by atoms with Crippen LogP contribution in [-0.2, 0) is 11.3 Å². The quantitative estimate of drug-likeness (QED) is 0.282. The van der Waals surface area contributed by atoms with Gasteiger partial charge in [0, 0.05) is 45.0 Å². The molecule has 1 saturated heterocycles. The zero-order valence-corrected chi connectivity index (χ0v) is 21.6. The summed E-state index contributed by atoms with van der Waals surface area (Å²) in [5.74, 6) is 0.865. The van der Waals surface area contributed by atoms with E-state index in [0.29, 0.717) is 25.6 Å². The van der Waals surface area contributed by atoms with Gasteiger partial charge >= 0.3 is 0 Å². The van der Waals surface area contributed by atoms with Crippen LogP contribution in [0.4, 0.5) is 0 Å². The fourth-order valence-corrected chi connectivity index (χ4v) is 4.64. The molecule has 31 heavy (non-hydrogen) atoms. The second-order valence-electron chi connectivity index (χ2n) is 7.64. The Hall–Kier alpha value is -1.65. The first-order valence-corrected chi connectivity index (χ1v) is 11.5. The average molecular weight is 556 g/mol. The third-order valence-electron chi connectivity index (χ3n) is 5.46. The van der Waals surface area contributed by atoms with Gasteiger partial charge in [0.2, 0.25) is 5.91 Å². The summed E-state index contributed by atoms with van der Waals surface area (Å²) in [5.41, 5.74) is 1.14. The van der Waals surface area contributed by atoms with Crippen LogP contribution >= 0.6 is 35.3 Å². The molecule has 1 aliphatic rings. The molecule has 170 valence electrons. The van der Waals surface area contributed by atoms with Crippen LogP contribution in [0.15, 0.2) is 52.8 Å². The first kappa shape index (κ1) is 25.6. The van der Waals surface area contributed by atoms with E-state index in [0.717, 1.165) is 31.2 Å². The summed E-state index contributed by atoms with van der Waals surface area (Å²) in [7, 11) is 3.62. The maximum Gasteiger partial charge on any atom is 0.224 e. The minimum Gasteiger partial charge on any atom is -0.356 e. The Balaban J connectivity index is 0.00000341. The van der Waals surface area contributed by atoms with E-state index >= 15 is 0 Å². The van der Waals surface area contributed by atoms with E-state index in [4.69, 9.17) is 0 Å². The van der Waals surface area contributed by atoms with E-state index in [2.05, 4.69) is 38.0 Å². The molecule has 2 N–H and O–H groups in total. The van der Waals surface area contributed by atoms with Crippen LogP contribution in [0.5, 0.6) is 0 Å². The Morgan fingerprint density at radius 1 is 1.16 bits per heavy atom. The van der Waals surface area contributed by atoms with E-state index in [9.17, 15) is 4.79 Å². The standard InChI is InChI=1S/C23H33N5OS.HI/c1-24-23(25-13-12-22(29)27(2)18-19-9-4-3-5-10-19)26-17-20(21-11-8-16-30-21)28-14-6-7-15-28;/h3-5,8-11,16,20H,6-7,12-15,17-18H2,1-2H3,(H2,24,25,26);1H. The normalized spacial score (nSPS) is 15.2. The van der Waals surface area contributed by atoms with Crippen LogP contribution in [0.25, 0.3) is 0 Å². The van der Waals surface area contributed by atoms with Gasteiger partial charge in [-0.05, 0) is 42.9 Å². The second kappa shape index (κ2) is 13.7. The van der Waals surface area contributed by atoms with Crippen molar-refractivity contribution in [1.82, 2.24) is 20.4 Å². The highest BCUT2D eigenvalue weighted by molar-refractivity contribution is 14.0. The van der Waals surface area contributed by atoms with Gasteiger partial charge in [0.25, 0.3) is 0 Å². The summed E-state index contributed by atoms with van der Waals surface area (Å²) < 4.78 is 0. The van der Waals surface area contributed by atoms with Gasteiger partial charge in [0.05, 0.1) is 6.04 Å². The van der Waals surface area contributed by atoms with Gasteiger partial charge in [-0.3, -0.25) is 14.7 Å². The number of nitrogens with one attached hydrogen (secondary N) is 2. The van der Waals surface area contributed by atoms with E-state index in [1.165, 1.54) is 17.7 Å². The first-order chi connectivity index (χ1) is 14.7. The van der Waals surface area contributed by atoms with Gasteiger partial charge in [-0.2, -0.15) is 0 Å². The lowest BCUT2D eigenvalue weighted by Crippen LogP contribution is -2.43. The van der Waals surface area contributed by atoms with Crippen LogP contribution < -0.4 is 10.6 Å². The molecule has 1 aromatic heterocycles. The molecule has 0 aliphatic carbocycles. The number of amides is 1. The number of thiophene rings is 1. The lowest BCUT2D eigenvalue weighted by atomic mass is 10.2. The second-order valence-corrected chi connectivity index (χ2v) is 8.62. The Morgan fingerprint density at radius 3 is 2.55 bits per heavy atom. The minimum absolute atomic E-state index is 0. The number of aliphatic imine (C=N–C) groups is 1. The van der Waals surface area contributed by atoms with E-state index in [-0.39, 0.29) is 29.9 Å². The summed E-state index contributed by atoms with van der Waals surface area (Å²) in [6.45, 7) is 4.30. The molecule has 1 unspecified atom stereocenters. The summed E-state index contributed by atoms with van der Waals surface area (Å²) in [4.78, 5) is 22.5.